The highest BCUT2D eigenvalue weighted by Crippen LogP contribution is 2.18. The molecular formula is C25H29N5O3. The number of likely N-dealkylation sites (N-methyl/N-ethyl adjacent to an activating group) is 1. The summed E-state index contributed by atoms with van der Waals surface area (Å²) in [6.45, 7) is 7.06. The van der Waals surface area contributed by atoms with Crippen molar-refractivity contribution >= 4 is 17.4 Å². The molecule has 0 bridgehead atoms. The average Bonchev–Trinajstić information content (AvgIpc) is 2.80. The smallest absolute Gasteiger partial charge is 0.330 e. The fraction of sp³-hybridized carbons (Fsp3) is 0.240. The highest BCUT2D eigenvalue weighted by molar-refractivity contribution is 5.96. The van der Waals surface area contributed by atoms with E-state index in [4.69, 9.17) is 5.73 Å². The van der Waals surface area contributed by atoms with Crippen molar-refractivity contribution < 1.29 is 4.79 Å². The predicted molar refractivity (Wildman–Crippen MR) is 131 cm³/mol. The van der Waals surface area contributed by atoms with Gasteiger partial charge in [-0.1, -0.05) is 66.7 Å². The third kappa shape index (κ3) is 5.87. The average molecular weight is 448 g/mol. The monoisotopic (exact) mass is 447 g/mol. The molecule has 1 aromatic heterocycles. The van der Waals surface area contributed by atoms with E-state index in [1.807, 2.05) is 65.6 Å². The quantitative estimate of drug-likeness (QED) is 0.464. The summed E-state index contributed by atoms with van der Waals surface area (Å²) in [5.41, 5.74) is 6.86. The first-order valence-corrected chi connectivity index (χ1v) is 10.8. The number of nitrogens with two attached hydrogens (primary N) is 1. The summed E-state index contributed by atoms with van der Waals surface area (Å²) in [4.78, 5) is 44.0. The SMILES string of the molecule is C=CCN(CC(=O)N(CC)c1c(N)n(Cc2ccccc2)c(=O)[nH]c1=O)Cc1ccccc1. The minimum absolute atomic E-state index is 0.0173. The zero-order chi connectivity index (χ0) is 23.8. The van der Waals surface area contributed by atoms with Crippen LogP contribution in [0.5, 0.6) is 0 Å². The predicted octanol–water partition coefficient (Wildman–Crippen LogP) is 2.21. The van der Waals surface area contributed by atoms with E-state index >= 15 is 0 Å². The van der Waals surface area contributed by atoms with Gasteiger partial charge in [0.1, 0.15) is 5.82 Å². The molecule has 0 atom stereocenters. The number of nitrogens with zero attached hydrogens (tertiary/aromatic N) is 3. The third-order valence-corrected chi connectivity index (χ3v) is 5.28. The highest BCUT2D eigenvalue weighted by atomic mass is 16.2. The molecule has 0 aliphatic heterocycles. The van der Waals surface area contributed by atoms with Crippen LogP contribution in [0.15, 0.2) is 82.9 Å². The molecule has 8 heteroatoms. The molecule has 0 radical (unpaired) electrons. The minimum atomic E-state index is -0.685. The van der Waals surface area contributed by atoms with Gasteiger partial charge in [-0.15, -0.1) is 6.58 Å². The van der Waals surface area contributed by atoms with Gasteiger partial charge in [0.25, 0.3) is 5.56 Å². The first-order valence-electron chi connectivity index (χ1n) is 10.8. The molecule has 2 aromatic carbocycles. The van der Waals surface area contributed by atoms with Gasteiger partial charge in [-0.2, -0.15) is 0 Å². The summed E-state index contributed by atoms with van der Waals surface area (Å²) < 4.78 is 1.27. The van der Waals surface area contributed by atoms with Crippen molar-refractivity contribution in [2.45, 2.75) is 20.0 Å². The van der Waals surface area contributed by atoms with E-state index in [1.54, 1.807) is 13.0 Å². The van der Waals surface area contributed by atoms with E-state index < -0.39 is 11.2 Å². The lowest BCUT2D eigenvalue weighted by molar-refractivity contribution is -0.119. The Morgan fingerprint density at radius 3 is 2.24 bits per heavy atom. The Hall–Kier alpha value is -3.91. The van der Waals surface area contributed by atoms with Crippen molar-refractivity contribution in [2.75, 3.05) is 30.3 Å². The maximum Gasteiger partial charge on any atom is 0.330 e. The Balaban J connectivity index is 1.90. The van der Waals surface area contributed by atoms with Crippen LogP contribution < -0.4 is 21.9 Å². The second-order valence-electron chi connectivity index (χ2n) is 7.65. The standard InChI is InChI=1S/C25H29N5O3/c1-3-15-28(16-19-11-7-5-8-12-19)18-21(31)29(4-2)22-23(26)30(25(33)27-24(22)32)17-20-13-9-6-10-14-20/h3,5-14H,1,4,15-18,26H2,2H3,(H,27,32,33). The van der Waals surface area contributed by atoms with E-state index in [-0.39, 0.29) is 37.0 Å². The number of carbonyl (C=O) groups is 1. The number of carbonyl (C=O) groups excluding carboxylic acids is 1. The van der Waals surface area contributed by atoms with Crippen molar-refractivity contribution in [1.29, 1.82) is 0 Å². The summed E-state index contributed by atoms with van der Waals surface area (Å²) in [5.74, 6) is -0.335. The maximum atomic E-state index is 13.3. The number of anilines is 2. The van der Waals surface area contributed by atoms with Gasteiger partial charge in [0.15, 0.2) is 5.69 Å². The number of hydrogen-bond donors (Lipinski definition) is 2. The van der Waals surface area contributed by atoms with Gasteiger partial charge in [0, 0.05) is 19.6 Å². The van der Waals surface area contributed by atoms with Gasteiger partial charge in [0.2, 0.25) is 5.91 Å². The van der Waals surface area contributed by atoms with Crippen molar-refractivity contribution in [3.8, 4) is 0 Å². The Bertz CT molecular complexity index is 1200. The second kappa shape index (κ2) is 11.1. The lowest BCUT2D eigenvalue weighted by Gasteiger charge is -2.27. The highest BCUT2D eigenvalue weighted by Gasteiger charge is 2.24. The van der Waals surface area contributed by atoms with Crippen LogP contribution in [0.1, 0.15) is 18.1 Å². The molecule has 0 fully saturated rings. The van der Waals surface area contributed by atoms with Gasteiger partial charge in [-0.05, 0) is 18.1 Å². The molecule has 0 saturated heterocycles. The van der Waals surface area contributed by atoms with Crippen LogP contribution in [0.25, 0.3) is 0 Å². The lowest BCUT2D eigenvalue weighted by atomic mass is 10.2. The molecule has 0 spiro atoms. The molecule has 0 aliphatic rings. The van der Waals surface area contributed by atoms with E-state index in [1.165, 1.54) is 9.47 Å². The molecule has 3 aromatic rings. The molecule has 8 nitrogen and oxygen atoms in total. The fourth-order valence-corrected chi connectivity index (χ4v) is 3.71. The molecule has 172 valence electrons. The van der Waals surface area contributed by atoms with Crippen LogP contribution in [0.4, 0.5) is 11.5 Å². The molecule has 33 heavy (non-hydrogen) atoms. The Morgan fingerprint density at radius 2 is 1.67 bits per heavy atom. The summed E-state index contributed by atoms with van der Waals surface area (Å²) in [5, 5.41) is 0. The molecule has 1 heterocycles. The first kappa shape index (κ1) is 23.7. The van der Waals surface area contributed by atoms with Crippen LogP contribution in [0, 0.1) is 0 Å². The Morgan fingerprint density at radius 1 is 1.06 bits per heavy atom. The molecule has 3 rings (SSSR count). The number of hydrogen-bond acceptors (Lipinski definition) is 5. The number of aromatic nitrogens is 2. The topological polar surface area (TPSA) is 104 Å². The minimum Gasteiger partial charge on any atom is -0.383 e. The normalized spacial score (nSPS) is 10.8. The maximum absolute atomic E-state index is 13.3. The molecule has 0 aliphatic carbocycles. The van der Waals surface area contributed by atoms with Crippen LogP contribution in [0.3, 0.4) is 0 Å². The van der Waals surface area contributed by atoms with Crippen molar-refractivity contribution in [2.24, 2.45) is 0 Å². The molecular weight excluding hydrogens is 418 g/mol. The van der Waals surface area contributed by atoms with Gasteiger partial charge in [-0.25, -0.2) is 4.79 Å². The van der Waals surface area contributed by atoms with E-state index in [0.29, 0.717) is 13.1 Å². The number of H-pyrrole nitrogens is 1. The zero-order valence-corrected chi connectivity index (χ0v) is 18.7. The van der Waals surface area contributed by atoms with Gasteiger partial charge >= 0.3 is 5.69 Å². The molecule has 0 unspecified atom stereocenters. The zero-order valence-electron chi connectivity index (χ0n) is 18.7. The molecule has 3 N–H and O–H groups in total. The number of nitrogens with one attached hydrogen (secondary N) is 1. The number of aromatic amines is 1. The van der Waals surface area contributed by atoms with Crippen molar-refractivity contribution in [1.82, 2.24) is 14.5 Å². The molecule has 0 saturated carbocycles. The van der Waals surface area contributed by atoms with Gasteiger partial charge in [0.05, 0.1) is 13.1 Å². The van der Waals surface area contributed by atoms with Crippen LogP contribution in [-0.4, -0.2) is 40.0 Å². The second-order valence-corrected chi connectivity index (χ2v) is 7.65. The Kier molecular flexibility index (Phi) is 7.99. The van der Waals surface area contributed by atoms with Crippen molar-refractivity contribution in [3.05, 3.63) is 105 Å². The van der Waals surface area contributed by atoms with E-state index in [9.17, 15) is 14.4 Å². The van der Waals surface area contributed by atoms with E-state index in [0.717, 1.165) is 11.1 Å². The summed E-state index contributed by atoms with van der Waals surface area (Å²) in [6, 6.07) is 19.1. The number of rotatable bonds is 10. The van der Waals surface area contributed by atoms with Gasteiger partial charge in [-0.3, -0.25) is 24.0 Å². The summed E-state index contributed by atoms with van der Waals surface area (Å²) in [7, 11) is 0. The number of benzene rings is 2. The largest absolute Gasteiger partial charge is 0.383 e. The summed E-state index contributed by atoms with van der Waals surface area (Å²) in [6.07, 6.45) is 1.73. The Labute approximate surface area is 192 Å². The third-order valence-electron chi connectivity index (χ3n) is 5.28. The summed E-state index contributed by atoms with van der Waals surface area (Å²) >= 11 is 0. The van der Waals surface area contributed by atoms with Crippen LogP contribution in [-0.2, 0) is 17.9 Å². The lowest BCUT2D eigenvalue weighted by Crippen LogP contribution is -2.45. The number of nitrogen functional groups attached to an aromatic ring is 1. The fourth-order valence-electron chi connectivity index (χ4n) is 3.71. The van der Waals surface area contributed by atoms with Gasteiger partial charge < -0.3 is 10.6 Å². The van der Waals surface area contributed by atoms with Crippen molar-refractivity contribution in [3.63, 3.8) is 0 Å². The molecule has 1 amide bonds. The number of amides is 1. The van der Waals surface area contributed by atoms with E-state index in [2.05, 4.69) is 11.6 Å². The van der Waals surface area contributed by atoms with Crippen LogP contribution >= 0.6 is 0 Å². The first-order chi connectivity index (χ1) is 15.9. The van der Waals surface area contributed by atoms with Crippen LogP contribution in [0.2, 0.25) is 0 Å².